The lowest BCUT2D eigenvalue weighted by atomic mass is 10.0. The van der Waals surface area contributed by atoms with Crippen molar-refractivity contribution < 1.29 is 34.7 Å². The molecule has 7 heteroatoms. The molecule has 7 nitrogen and oxygen atoms in total. The molecule has 0 aromatic heterocycles. The fourth-order valence-electron chi connectivity index (χ4n) is 2.51. The maximum Gasteiger partial charge on any atom is 0.342 e. The molecule has 0 amide bonds. The molecule has 1 heterocycles. The van der Waals surface area contributed by atoms with Gasteiger partial charge in [-0.1, -0.05) is 25.7 Å². The number of esters is 1. The van der Waals surface area contributed by atoms with E-state index in [4.69, 9.17) is 9.47 Å². The van der Waals surface area contributed by atoms with Crippen molar-refractivity contribution in [2.24, 2.45) is 5.92 Å². The molecule has 1 aromatic rings. The van der Waals surface area contributed by atoms with Gasteiger partial charge in [0.25, 0.3) is 0 Å². The molecule has 1 aliphatic rings. The average molecular weight is 364 g/mol. The van der Waals surface area contributed by atoms with Crippen LogP contribution in [0.1, 0.15) is 29.8 Å². The lowest BCUT2D eigenvalue weighted by Gasteiger charge is -2.22. The smallest absolute Gasteiger partial charge is 0.342 e. The topological polar surface area (TPSA) is 116 Å². The zero-order chi connectivity index (χ0) is 19.4. The van der Waals surface area contributed by atoms with Gasteiger partial charge < -0.3 is 29.9 Å². The normalized spacial score (nSPS) is 29.4. The summed E-state index contributed by atoms with van der Waals surface area (Å²) in [5.74, 6) is -1.62. The van der Waals surface area contributed by atoms with Gasteiger partial charge in [-0.05, 0) is 24.1 Å². The van der Waals surface area contributed by atoms with E-state index < -0.39 is 30.0 Å². The minimum atomic E-state index is -1.22. The largest absolute Gasteiger partial charge is 0.508 e. The molecule has 2 rings (SSSR count). The van der Waals surface area contributed by atoms with E-state index in [-0.39, 0.29) is 36.0 Å². The Kier molecular flexibility index (Phi) is 6.42. The first-order valence-electron chi connectivity index (χ1n) is 8.27. The van der Waals surface area contributed by atoms with Gasteiger partial charge in [-0.15, -0.1) is 0 Å². The highest BCUT2D eigenvalue weighted by molar-refractivity contribution is 5.94. The number of hydrogen-bond acceptors (Lipinski definition) is 7. The van der Waals surface area contributed by atoms with Gasteiger partial charge in [0.15, 0.2) is 0 Å². The zero-order valence-corrected chi connectivity index (χ0v) is 14.8. The van der Waals surface area contributed by atoms with Gasteiger partial charge in [-0.3, -0.25) is 0 Å². The molecule has 4 N–H and O–H groups in total. The summed E-state index contributed by atoms with van der Waals surface area (Å²) in [7, 11) is 0. The van der Waals surface area contributed by atoms with Crippen LogP contribution in [-0.4, -0.2) is 51.3 Å². The molecule has 0 bridgehead atoms. The minimum Gasteiger partial charge on any atom is -0.508 e. The number of aromatic hydroxyl groups is 2. The molecule has 0 aliphatic carbocycles. The number of benzene rings is 1. The van der Waals surface area contributed by atoms with Crippen LogP contribution in [0.4, 0.5) is 0 Å². The lowest BCUT2D eigenvalue weighted by molar-refractivity contribution is -0.0279. The molecule has 0 radical (unpaired) electrons. The SMILES string of the molecule is C=C1/C=C\[C@@H](C)[C@H](C)OC(=O)c2c(O)cc(O)cc2COC[C@H](O)[C@@H]1O. The summed E-state index contributed by atoms with van der Waals surface area (Å²) in [6.45, 7) is 6.82. The van der Waals surface area contributed by atoms with Gasteiger partial charge in [-0.25, -0.2) is 4.79 Å². The quantitative estimate of drug-likeness (QED) is 0.517. The maximum absolute atomic E-state index is 12.5. The number of aliphatic hydroxyl groups excluding tert-OH is 2. The Morgan fingerprint density at radius 2 is 1.88 bits per heavy atom. The van der Waals surface area contributed by atoms with Crippen molar-refractivity contribution in [1.29, 1.82) is 0 Å². The van der Waals surface area contributed by atoms with Crippen molar-refractivity contribution in [2.75, 3.05) is 6.61 Å². The van der Waals surface area contributed by atoms with E-state index in [1.165, 1.54) is 6.07 Å². The first kappa shape index (κ1) is 20.0. The number of fused-ring (bicyclic) bond motifs is 1. The first-order chi connectivity index (χ1) is 12.2. The number of carbonyl (C=O) groups is 1. The van der Waals surface area contributed by atoms with Crippen LogP contribution in [0.25, 0.3) is 0 Å². The third kappa shape index (κ3) is 4.63. The van der Waals surface area contributed by atoms with Gasteiger partial charge in [0.05, 0.1) is 13.2 Å². The Labute approximate surface area is 151 Å². The van der Waals surface area contributed by atoms with Crippen LogP contribution in [0, 0.1) is 5.92 Å². The third-order valence-corrected chi connectivity index (χ3v) is 4.33. The van der Waals surface area contributed by atoms with Gasteiger partial charge >= 0.3 is 5.97 Å². The highest BCUT2D eigenvalue weighted by atomic mass is 16.5. The minimum absolute atomic E-state index is 0.109. The van der Waals surface area contributed by atoms with E-state index in [1.54, 1.807) is 19.1 Å². The monoisotopic (exact) mass is 364 g/mol. The number of hydrogen-bond donors (Lipinski definition) is 4. The summed E-state index contributed by atoms with van der Waals surface area (Å²) in [5.41, 5.74) is 0.405. The summed E-state index contributed by atoms with van der Waals surface area (Å²) in [6, 6.07) is 2.32. The Hall–Kier alpha value is -2.35. The van der Waals surface area contributed by atoms with Crippen molar-refractivity contribution in [3.8, 4) is 11.5 Å². The van der Waals surface area contributed by atoms with Crippen molar-refractivity contribution in [3.63, 3.8) is 0 Å². The van der Waals surface area contributed by atoms with Crippen molar-refractivity contribution in [1.82, 2.24) is 0 Å². The van der Waals surface area contributed by atoms with Crippen LogP contribution in [0.5, 0.6) is 11.5 Å². The first-order valence-corrected chi connectivity index (χ1v) is 8.27. The number of rotatable bonds is 0. The number of phenols is 2. The lowest BCUT2D eigenvalue weighted by Crippen LogP contribution is -2.31. The molecule has 0 saturated carbocycles. The molecular formula is C19H24O7. The molecule has 1 aromatic carbocycles. The van der Waals surface area contributed by atoms with E-state index in [0.29, 0.717) is 5.57 Å². The van der Waals surface area contributed by atoms with Gasteiger partial charge in [0, 0.05) is 12.0 Å². The van der Waals surface area contributed by atoms with Crippen LogP contribution in [0.2, 0.25) is 0 Å². The summed E-state index contributed by atoms with van der Waals surface area (Å²) >= 11 is 0. The van der Waals surface area contributed by atoms with Crippen LogP contribution in [-0.2, 0) is 16.1 Å². The summed E-state index contributed by atoms with van der Waals surface area (Å²) in [4.78, 5) is 12.5. The standard InChI is InChI=1S/C19H24O7/c1-10-4-5-11(2)18(23)16(22)9-25-8-13-6-14(20)7-15(21)17(13)19(24)26-12(10)3/h4-7,10,12,16,18,20-23H,2,8-9H2,1,3H3/b5-4-/t10-,12+,16+,18-/m1/s1. The van der Waals surface area contributed by atoms with E-state index >= 15 is 0 Å². The number of aliphatic hydroxyl groups is 2. The summed E-state index contributed by atoms with van der Waals surface area (Å²) < 4.78 is 10.7. The van der Waals surface area contributed by atoms with E-state index in [9.17, 15) is 25.2 Å². The third-order valence-electron chi connectivity index (χ3n) is 4.33. The Morgan fingerprint density at radius 1 is 1.19 bits per heavy atom. The van der Waals surface area contributed by atoms with Crippen molar-refractivity contribution >= 4 is 5.97 Å². The molecule has 1 aliphatic heterocycles. The second kappa shape index (κ2) is 8.35. The number of cyclic esters (lactones) is 1. The predicted molar refractivity (Wildman–Crippen MR) is 93.8 cm³/mol. The highest BCUT2D eigenvalue weighted by Gasteiger charge is 2.25. The van der Waals surface area contributed by atoms with Gasteiger partial charge in [0.2, 0.25) is 0 Å². The summed E-state index contributed by atoms with van der Waals surface area (Å²) in [6.07, 6.45) is 0.317. The zero-order valence-electron chi connectivity index (χ0n) is 14.8. The second-order valence-corrected chi connectivity index (χ2v) is 6.43. The number of ether oxygens (including phenoxy) is 2. The molecule has 0 spiro atoms. The van der Waals surface area contributed by atoms with Crippen LogP contribution in [0.3, 0.4) is 0 Å². The molecule has 0 fully saturated rings. The van der Waals surface area contributed by atoms with Crippen molar-refractivity contribution in [2.45, 2.75) is 38.8 Å². The Morgan fingerprint density at radius 3 is 2.58 bits per heavy atom. The predicted octanol–water partition coefficient (Wildman–Crippen LogP) is 1.64. The molecule has 0 saturated heterocycles. The van der Waals surface area contributed by atoms with Gasteiger partial charge in [-0.2, -0.15) is 0 Å². The second-order valence-electron chi connectivity index (χ2n) is 6.43. The maximum atomic E-state index is 12.5. The van der Waals surface area contributed by atoms with Gasteiger partial charge in [0.1, 0.15) is 35.4 Å². The fourth-order valence-corrected chi connectivity index (χ4v) is 2.51. The number of carbonyl (C=O) groups excluding carboxylic acids is 1. The van der Waals surface area contributed by atoms with Crippen LogP contribution < -0.4 is 0 Å². The Bertz CT molecular complexity index is 710. The van der Waals surface area contributed by atoms with Crippen molar-refractivity contribution in [3.05, 3.63) is 47.6 Å². The molecule has 142 valence electrons. The van der Waals surface area contributed by atoms with E-state index in [1.807, 2.05) is 6.92 Å². The molecule has 26 heavy (non-hydrogen) atoms. The molecule has 0 unspecified atom stereocenters. The average Bonchev–Trinajstić information content (AvgIpc) is 2.56. The van der Waals surface area contributed by atoms with E-state index in [0.717, 1.165) is 6.07 Å². The highest BCUT2D eigenvalue weighted by Crippen LogP contribution is 2.29. The summed E-state index contributed by atoms with van der Waals surface area (Å²) in [5, 5.41) is 39.8. The van der Waals surface area contributed by atoms with Crippen LogP contribution in [0.15, 0.2) is 36.4 Å². The molecular weight excluding hydrogens is 340 g/mol. The molecule has 4 atom stereocenters. The van der Waals surface area contributed by atoms with Crippen LogP contribution >= 0.6 is 0 Å². The Balaban J connectivity index is 2.39. The number of phenolic OH excluding ortho intramolecular Hbond substituents is 2. The fraction of sp³-hybridized carbons (Fsp3) is 0.421. The van der Waals surface area contributed by atoms with E-state index in [2.05, 4.69) is 6.58 Å².